The van der Waals surface area contributed by atoms with Crippen molar-refractivity contribution in [2.75, 3.05) is 0 Å². The van der Waals surface area contributed by atoms with E-state index in [9.17, 15) is 10.1 Å². The molecule has 0 bridgehead atoms. The van der Waals surface area contributed by atoms with E-state index in [1.165, 1.54) is 12.1 Å². The molecule has 0 fully saturated rings. The normalized spacial score (nSPS) is 11.4. The lowest BCUT2D eigenvalue weighted by atomic mass is 10.1. The Morgan fingerprint density at radius 1 is 1.16 bits per heavy atom. The van der Waals surface area contributed by atoms with E-state index in [2.05, 4.69) is 4.99 Å². The van der Waals surface area contributed by atoms with Crippen molar-refractivity contribution in [3.63, 3.8) is 0 Å². The number of aryl methyl sites for hydroxylation is 1. The van der Waals surface area contributed by atoms with Gasteiger partial charge in [-0.2, -0.15) is 0 Å². The molecule has 0 heterocycles. The Hall–Kier alpha value is -2.49. The third kappa shape index (κ3) is 3.04. The molecular formula is C15H14N2O2. The topological polar surface area (TPSA) is 55.5 Å². The second-order valence-corrected chi connectivity index (χ2v) is 4.29. The first-order valence-corrected chi connectivity index (χ1v) is 5.93. The molecule has 0 amide bonds. The van der Waals surface area contributed by atoms with Gasteiger partial charge >= 0.3 is 0 Å². The standard InChI is InChI=1S/C15H14N2O2/c1-11-8-9-14(17(18)19)10-15(11)16-12(2)13-6-4-3-5-7-13/h3-10H,1-2H3. The van der Waals surface area contributed by atoms with Gasteiger partial charge in [-0.1, -0.05) is 36.4 Å². The minimum absolute atomic E-state index is 0.0604. The summed E-state index contributed by atoms with van der Waals surface area (Å²) in [6.45, 7) is 3.79. The molecule has 0 saturated carbocycles. The van der Waals surface area contributed by atoms with E-state index in [1.807, 2.05) is 44.2 Å². The van der Waals surface area contributed by atoms with Gasteiger partial charge in [0, 0.05) is 17.8 Å². The summed E-state index contributed by atoms with van der Waals surface area (Å²) in [6, 6.07) is 14.5. The fraction of sp³-hybridized carbons (Fsp3) is 0.133. The molecule has 0 unspecified atom stereocenters. The first-order chi connectivity index (χ1) is 9.08. The highest BCUT2D eigenvalue weighted by Crippen LogP contribution is 2.25. The van der Waals surface area contributed by atoms with Gasteiger partial charge in [0.1, 0.15) is 0 Å². The molecular weight excluding hydrogens is 240 g/mol. The van der Waals surface area contributed by atoms with Gasteiger partial charge < -0.3 is 0 Å². The van der Waals surface area contributed by atoms with E-state index in [1.54, 1.807) is 6.07 Å². The van der Waals surface area contributed by atoms with Crippen molar-refractivity contribution >= 4 is 17.1 Å². The van der Waals surface area contributed by atoms with Crippen molar-refractivity contribution in [1.29, 1.82) is 0 Å². The van der Waals surface area contributed by atoms with Crippen LogP contribution in [0.2, 0.25) is 0 Å². The molecule has 0 aliphatic carbocycles. The quantitative estimate of drug-likeness (QED) is 0.471. The maximum Gasteiger partial charge on any atom is 0.271 e. The van der Waals surface area contributed by atoms with Crippen LogP contribution in [0.15, 0.2) is 53.5 Å². The van der Waals surface area contributed by atoms with Gasteiger partial charge in [0.25, 0.3) is 5.69 Å². The molecule has 2 aromatic carbocycles. The van der Waals surface area contributed by atoms with Crippen LogP contribution in [0.4, 0.5) is 11.4 Å². The van der Waals surface area contributed by atoms with Gasteiger partial charge in [-0.3, -0.25) is 15.1 Å². The third-order valence-corrected chi connectivity index (χ3v) is 2.88. The first kappa shape index (κ1) is 13.0. The highest BCUT2D eigenvalue weighted by molar-refractivity contribution is 6.00. The Morgan fingerprint density at radius 2 is 1.84 bits per heavy atom. The summed E-state index contributed by atoms with van der Waals surface area (Å²) in [5, 5.41) is 10.8. The molecule has 96 valence electrons. The number of hydrogen-bond acceptors (Lipinski definition) is 3. The predicted octanol–water partition coefficient (Wildman–Crippen LogP) is 4.04. The van der Waals surface area contributed by atoms with Crippen molar-refractivity contribution in [1.82, 2.24) is 0 Å². The fourth-order valence-electron chi connectivity index (χ4n) is 1.76. The van der Waals surface area contributed by atoms with Crippen LogP contribution in [0.3, 0.4) is 0 Å². The zero-order valence-electron chi connectivity index (χ0n) is 10.8. The summed E-state index contributed by atoms with van der Waals surface area (Å²) in [5.74, 6) is 0. The van der Waals surface area contributed by atoms with Gasteiger partial charge in [-0.25, -0.2) is 0 Å². The summed E-state index contributed by atoms with van der Waals surface area (Å²) in [6.07, 6.45) is 0. The summed E-state index contributed by atoms with van der Waals surface area (Å²) < 4.78 is 0. The lowest BCUT2D eigenvalue weighted by molar-refractivity contribution is -0.384. The highest BCUT2D eigenvalue weighted by Gasteiger charge is 2.08. The maximum atomic E-state index is 10.8. The molecule has 0 atom stereocenters. The molecule has 2 aromatic rings. The van der Waals surface area contributed by atoms with Crippen LogP contribution in [0, 0.1) is 17.0 Å². The van der Waals surface area contributed by atoms with Gasteiger partial charge in [-0.15, -0.1) is 0 Å². The van der Waals surface area contributed by atoms with E-state index in [0.29, 0.717) is 5.69 Å². The van der Waals surface area contributed by atoms with Crippen LogP contribution in [-0.2, 0) is 0 Å². The smallest absolute Gasteiger partial charge is 0.258 e. The Labute approximate surface area is 111 Å². The van der Waals surface area contributed by atoms with Gasteiger partial charge in [0.2, 0.25) is 0 Å². The third-order valence-electron chi connectivity index (χ3n) is 2.88. The minimum atomic E-state index is -0.406. The van der Waals surface area contributed by atoms with Gasteiger partial charge in [0.15, 0.2) is 0 Å². The zero-order valence-corrected chi connectivity index (χ0v) is 10.8. The largest absolute Gasteiger partial charge is 0.271 e. The predicted molar refractivity (Wildman–Crippen MR) is 76.1 cm³/mol. The van der Waals surface area contributed by atoms with E-state index >= 15 is 0 Å². The van der Waals surface area contributed by atoms with Crippen LogP contribution < -0.4 is 0 Å². The van der Waals surface area contributed by atoms with Gasteiger partial charge in [0.05, 0.1) is 10.6 Å². The average Bonchev–Trinajstić information content (AvgIpc) is 2.42. The molecule has 0 saturated heterocycles. The summed E-state index contributed by atoms with van der Waals surface area (Å²) in [5.41, 5.74) is 3.46. The molecule has 0 aromatic heterocycles. The SMILES string of the molecule is CC(=Nc1cc([N+](=O)[O-])ccc1C)c1ccccc1. The molecule has 0 aliphatic heterocycles. The number of nitrogens with zero attached hydrogens (tertiary/aromatic N) is 2. The molecule has 4 nitrogen and oxygen atoms in total. The second kappa shape index (κ2) is 5.44. The molecule has 0 N–H and O–H groups in total. The van der Waals surface area contributed by atoms with Crippen molar-refractivity contribution < 1.29 is 4.92 Å². The van der Waals surface area contributed by atoms with Crippen molar-refractivity contribution in [2.45, 2.75) is 13.8 Å². The van der Waals surface area contributed by atoms with Crippen LogP contribution in [0.25, 0.3) is 0 Å². The highest BCUT2D eigenvalue weighted by atomic mass is 16.6. The van der Waals surface area contributed by atoms with E-state index in [0.717, 1.165) is 16.8 Å². The van der Waals surface area contributed by atoms with E-state index in [4.69, 9.17) is 0 Å². The summed E-state index contributed by atoms with van der Waals surface area (Å²) >= 11 is 0. The number of nitro benzene ring substituents is 1. The molecule has 0 aliphatic rings. The minimum Gasteiger partial charge on any atom is -0.258 e. The summed E-state index contributed by atoms with van der Waals surface area (Å²) in [4.78, 5) is 14.9. The zero-order chi connectivity index (χ0) is 13.8. The number of rotatable bonds is 3. The van der Waals surface area contributed by atoms with E-state index < -0.39 is 4.92 Å². The Morgan fingerprint density at radius 3 is 2.47 bits per heavy atom. The van der Waals surface area contributed by atoms with Gasteiger partial charge in [-0.05, 0) is 25.0 Å². The molecule has 19 heavy (non-hydrogen) atoms. The van der Waals surface area contributed by atoms with Crippen molar-refractivity contribution in [3.8, 4) is 0 Å². The molecule has 2 rings (SSSR count). The summed E-state index contributed by atoms with van der Waals surface area (Å²) in [7, 11) is 0. The van der Waals surface area contributed by atoms with Crippen LogP contribution >= 0.6 is 0 Å². The monoisotopic (exact) mass is 254 g/mol. The van der Waals surface area contributed by atoms with Crippen LogP contribution in [-0.4, -0.2) is 10.6 Å². The Balaban J connectivity index is 2.42. The number of hydrogen-bond donors (Lipinski definition) is 0. The van der Waals surface area contributed by atoms with Crippen LogP contribution in [0.5, 0.6) is 0 Å². The Bertz CT molecular complexity index is 634. The average molecular weight is 254 g/mol. The lowest BCUT2D eigenvalue weighted by Gasteiger charge is -2.03. The van der Waals surface area contributed by atoms with Crippen LogP contribution in [0.1, 0.15) is 18.1 Å². The second-order valence-electron chi connectivity index (χ2n) is 4.29. The number of nitro groups is 1. The number of benzene rings is 2. The molecule has 4 heteroatoms. The fourth-order valence-corrected chi connectivity index (χ4v) is 1.76. The lowest BCUT2D eigenvalue weighted by Crippen LogP contribution is -1.94. The van der Waals surface area contributed by atoms with Crippen molar-refractivity contribution in [3.05, 3.63) is 69.8 Å². The van der Waals surface area contributed by atoms with E-state index in [-0.39, 0.29) is 5.69 Å². The maximum absolute atomic E-state index is 10.8. The number of non-ortho nitro benzene ring substituents is 1. The Kier molecular flexibility index (Phi) is 3.71. The first-order valence-electron chi connectivity index (χ1n) is 5.93. The molecule has 0 radical (unpaired) electrons. The molecule has 0 spiro atoms. The van der Waals surface area contributed by atoms with Crippen molar-refractivity contribution in [2.24, 2.45) is 4.99 Å². The number of aliphatic imine (C=N–C) groups is 1.